The van der Waals surface area contributed by atoms with E-state index in [0.717, 1.165) is 5.56 Å². The van der Waals surface area contributed by atoms with Crippen molar-refractivity contribution in [2.45, 2.75) is 19.3 Å². The van der Waals surface area contributed by atoms with Crippen LogP contribution in [0.5, 0.6) is 5.75 Å². The van der Waals surface area contributed by atoms with E-state index in [1.807, 2.05) is 13.0 Å². The molecule has 1 N–H and O–H groups in total. The Labute approximate surface area is 70.8 Å². The molecule has 0 fully saturated rings. The van der Waals surface area contributed by atoms with Crippen molar-refractivity contribution in [3.8, 4) is 5.75 Å². The van der Waals surface area contributed by atoms with Crippen LogP contribution in [0.1, 0.15) is 35.2 Å². The third-order valence-corrected chi connectivity index (χ3v) is 2.38. The first-order chi connectivity index (χ1) is 5.70. The highest BCUT2D eigenvalue weighted by molar-refractivity contribution is 6.03. The number of ketones is 1. The number of phenols is 1. The van der Waals surface area contributed by atoms with Gasteiger partial charge < -0.3 is 5.11 Å². The third kappa shape index (κ3) is 0.843. The molecule has 0 saturated heterocycles. The van der Waals surface area contributed by atoms with E-state index in [0.29, 0.717) is 12.0 Å². The molecule has 0 saturated carbocycles. The van der Waals surface area contributed by atoms with Gasteiger partial charge in [0.1, 0.15) is 5.75 Å². The Bertz CT molecular complexity index is 342. The standard InChI is InChI=1S/C10H10O2/c1-6-5-9(12)10-7(6)3-2-4-8(10)11/h2-4,6,11H,5H2,1H3. The molecule has 2 nitrogen and oxygen atoms in total. The molecule has 2 rings (SSSR count). The van der Waals surface area contributed by atoms with Crippen molar-refractivity contribution in [1.82, 2.24) is 0 Å². The van der Waals surface area contributed by atoms with Gasteiger partial charge in [-0.15, -0.1) is 0 Å². The van der Waals surface area contributed by atoms with E-state index in [4.69, 9.17) is 0 Å². The van der Waals surface area contributed by atoms with Gasteiger partial charge in [0.25, 0.3) is 0 Å². The van der Waals surface area contributed by atoms with Gasteiger partial charge >= 0.3 is 0 Å². The summed E-state index contributed by atoms with van der Waals surface area (Å²) in [6.45, 7) is 2.00. The lowest BCUT2D eigenvalue weighted by atomic mass is 10.0. The fraction of sp³-hybridized carbons (Fsp3) is 0.300. The van der Waals surface area contributed by atoms with Crippen LogP contribution in [0.2, 0.25) is 0 Å². The zero-order chi connectivity index (χ0) is 8.72. The highest BCUT2D eigenvalue weighted by atomic mass is 16.3. The second-order valence-electron chi connectivity index (χ2n) is 3.27. The molecule has 1 atom stereocenters. The summed E-state index contributed by atoms with van der Waals surface area (Å²) in [5.74, 6) is 0.456. The second kappa shape index (κ2) is 2.34. The molecule has 1 aliphatic rings. The zero-order valence-electron chi connectivity index (χ0n) is 6.87. The SMILES string of the molecule is CC1CC(=O)c2c(O)cccc21. The van der Waals surface area contributed by atoms with Crippen LogP contribution in [0.4, 0.5) is 0 Å². The minimum atomic E-state index is 0.0654. The Morgan fingerprint density at radius 2 is 2.25 bits per heavy atom. The van der Waals surface area contributed by atoms with Gasteiger partial charge in [-0.1, -0.05) is 19.1 Å². The van der Waals surface area contributed by atoms with Crippen LogP contribution in [0.25, 0.3) is 0 Å². The Morgan fingerprint density at radius 1 is 1.50 bits per heavy atom. The summed E-state index contributed by atoms with van der Waals surface area (Å²) < 4.78 is 0. The number of hydrogen-bond acceptors (Lipinski definition) is 2. The minimum absolute atomic E-state index is 0.0654. The highest BCUT2D eigenvalue weighted by Crippen LogP contribution is 2.36. The van der Waals surface area contributed by atoms with E-state index in [-0.39, 0.29) is 17.5 Å². The van der Waals surface area contributed by atoms with Crippen LogP contribution in [-0.2, 0) is 0 Å². The molecule has 1 aromatic rings. The maximum Gasteiger partial charge on any atom is 0.167 e. The number of aromatic hydroxyl groups is 1. The summed E-state index contributed by atoms with van der Waals surface area (Å²) in [6, 6.07) is 5.25. The summed E-state index contributed by atoms with van der Waals surface area (Å²) in [6.07, 6.45) is 0.535. The molecule has 2 heteroatoms. The second-order valence-corrected chi connectivity index (χ2v) is 3.27. The van der Waals surface area contributed by atoms with Crippen molar-refractivity contribution in [2.75, 3.05) is 0 Å². The van der Waals surface area contributed by atoms with Crippen LogP contribution in [0.3, 0.4) is 0 Å². The molecular formula is C10H10O2. The van der Waals surface area contributed by atoms with Crippen molar-refractivity contribution in [3.05, 3.63) is 29.3 Å². The maximum atomic E-state index is 11.3. The molecule has 12 heavy (non-hydrogen) atoms. The van der Waals surface area contributed by atoms with Crippen molar-refractivity contribution >= 4 is 5.78 Å². The van der Waals surface area contributed by atoms with E-state index >= 15 is 0 Å². The summed E-state index contributed by atoms with van der Waals surface area (Å²) in [7, 11) is 0. The predicted molar refractivity (Wildman–Crippen MR) is 45.5 cm³/mol. The van der Waals surface area contributed by atoms with E-state index in [9.17, 15) is 9.90 Å². The molecule has 62 valence electrons. The Hall–Kier alpha value is -1.31. The molecule has 0 radical (unpaired) electrons. The van der Waals surface area contributed by atoms with Crippen LogP contribution in [-0.4, -0.2) is 10.9 Å². The first-order valence-electron chi connectivity index (χ1n) is 4.05. The molecule has 0 heterocycles. The summed E-state index contributed by atoms with van der Waals surface area (Å²) >= 11 is 0. The Kier molecular flexibility index (Phi) is 1.43. The quantitative estimate of drug-likeness (QED) is 0.634. The number of Topliss-reactive ketones (excluding diaryl/α,β-unsaturated/α-hetero) is 1. The predicted octanol–water partition coefficient (Wildman–Crippen LogP) is 2.08. The number of hydrogen-bond donors (Lipinski definition) is 1. The van der Waals surface area contributed by atoms with Gasteiger partial charge in [0.2, 0.25) is 0 Å². The molecule has 0 spiro atoms. The van der Waals surface area contributed by atoms with Crippen molar-refractivity contribution in [2.24, 2.45) is 0 Å². The van der Waals surface area contributed by atoms with Crippen LogP contribution < -0.4 is 0 Å². The number of phenolic OH excluding ortho intramolecular Hbond substituents is 1. The molecular weight excluding hydrogens is 152 g/mol. The average Bonchev–Trinajstić information content (AvgIpc) is 2.29. The van der Waals surface area contributed by atoms with E-state index in [2.05, 4.69) is 0 Å². The normalized spacial score (nSPS) is 21.1. The molecule has 0 aromatic heterocycles. The topological polar surface area (TPSA) is 37.3 Å². The molecule has 0 bridgehead atoms. The molecule has 1 aliphatic carbocycles. The monoisotopic (exact) mass is 162 g/mol. The van der Waals surface area contributed by atoms with Gasteiger partial charge in [-0.2, -0.15) is 0 Å². The number of benzene rings is 1. The first kappa shape index (κ1) is 7.35. The largest absolute Gasteiger partial charge is 0.507 e. The van der Waals surface area contributed by atoms with Crippen molar-refractivity contribution in [3.63, 3.8) is 0 Å². The average molecular weight is 162 g/mol. The highest BCUT2D eigenvalue weighted by Gasteiger charge is 2.28. The van der Waals surface area contributed by atoms with Crippen LogP contribution in [0, 0.1) is 0 Å². The molecule has 1 unspecified atom stereocenters. The summed E-state index contributed by atoms with van der Waals surface area (Å²) in [4.78, 5) is 11.3. The minimum Gasteiger partial charge on any atom is -0.507 e. The lowest BCUT2D eigenvalue weighted by Gasteiger charge is -2.02. The van der Waals surface area contributed by atoms with E-state index in [1.54, 1.807) is 12.1 Å². The molecule has 0 amide bonds. The number of carbonyl (C=O) groups is 1. The lowest BCUT2D eigenvalue weighted by molar-refractivity contribution is 0.0988. The molecule has 0 aliphatic heterocycles. The summed E-state index contributed by atoms with van der Waals surface area (Å²) in [5.41, 5.74) is 1.52. The van der Waals surface area contributed by atoms with Gasteiger partial charge in [0.05, 0.1) is 5.56 Å². The molecule has 1 aromatic carbocycles. The zero-order valence-corrected chi connectivity index (χ0v) is 6.87. The Morgan fingerprint density at radius 3 is 2.92 bits per heavy atom. The number of fused-ring (bicyclic) bond motifs is 1. The fourth-order valence-corrected chi connectivity index (χ4v) is 1.76. The van der Waals surface area contributed by atoms with Gasteiger partial charge in [-0.05, 0) is 17.5 Å². The van der Waals surface area contributed by atoms with E-state index in [1.165, 1.54) is 0 Å². The van der Waals surface area contributed by atoms with Gasteiger partial charge in [-0.25, -0.2) is 0 Å². The van der Waals surface area contributed by atoms with Gasteiger partial charge in [-0.3, -0.25) is 4.79 Å². The summed E-state index contributed by atoms with van der Waals surface area (Å²) in [5, 5.41) is 9.40. The van der Waals surface area contributed by atoms with Crippen molar-refractivity contribution < 1.29 is 9.90 Å². The van der Waals surface area contributed by atoms with Gasteiger partial charge in [0.15, 0.2) is 5.78 Å². The number of carbonyl (C=O) groups excluding carboxylic acids is 1. The lowest BCUT2D eigenvalue weighted by Crippen LogP contribution is -1.90. The van der Waals surface area contributed by atoms with Gasteiger partial charge in [0, 0.05) is 6.42 Å². The smallest absolute Gasteiger partial charge is 0.167 e. The van der Waals surface area contributed by atoms with Crippen LogP contribution >= 0.6 is 0 Å². The third-order valence-electron chi connectivity index (χ3n) is 2.38. The fourth-order valence-electron chi connectivity index (χ4n) is 1.76. The van der Waals surface area contributed by atoms with E-state index < -0.39 is 0 Å². The Balaban J connectivity index is 2.67. The number of rotatable bonds is 0. The van der Waals surface area contributed by atoms with Crippen LogP contribution in [0.15, 0.2) is 18.2 Å². The first-order valence-corrected chi connectivity index (χ1v) is 4.05. The van der Waals surface area contributed by atoms with Crippen molar-refractivity contribution in [1.29, 1.82) is 0 Å². The maximum absolute atomic E-state index is 11.3.